The van der Waals surface area contributed by atoms with E-state index in [1.807, 2.05) is 6.07 Å². The van der Waals surface area contributed by atoms with Crippen molar-refractivity contribution in [2.24, 2.45) is 5.84 Å². The maximum absolute atomic E-state index is 5.20. The van der Waals surface area contributed by atoms with Crippen LogP contribution in [0.5, 0.6) is 0 Å². The maximum Gasteiger partial charge on any atom is 0.237 e. The molecule has 0 radical (unpaired) electrons. The highest BCUT2D eigenvalue weighted by molar-refractivity contribution is 5.24. The van der Waals surface area contributed by atoms with Gasteiger partial charge in [-0.2, -0.15) is 0 Å². The lowest BCUT2D eigenvalue weighted by Gasteiger charge is -2.24. The molecular formula is C8H12N4. The Morgan fingerprint density at radius 2 is 2.33 bits per heavy atom. The van der Waals surface area contributed by atoms with Crippen LogP contribution in [0.2, 0.25) is 0 Å². The van der Waals surface area contributed by atoms with Crippen LogP contribution in [0, 0.1) is 0 Å². The maximum atomic E-state index is 5.20. The molecule has 1 heterocycles. The summed E-state index contributed by atoms with van der Waals surface area (Å²) in [6, 6.07) is 1.96. The molecule has 2 rings (SSSR count). The number of hydrogen-bond acceptors (Lipinski definition) is 4. The van der Waals surface area contributed by atoms with Crippen LogP contribution in [0.1, 0.15) is 30.9 Å². The Balaban J connectivity index is 2.19. The van der Waals surface area contributed by atoms with Gasteiger partial charge in [-0.1, -0.05) is 6.42 Å². The lowest BCUT2D eigenvalue weighted by atomic mass is 9.83. The highest BCUT2D eigenvalue weighted by Gasteiger charge is 2.20. The van der Waals surface area contributed by atoms with E-state index in [0.717, 1.165) is 5.69 Å². The van der Waals surface area contributed by atoms with Gasteiger partial charge in [-0.15, -0.1) is 0 Å². The Bertz CT molecular complexity index is 270. The lowest BCUT2D eigenvalue weighted by Crippen LogP contribution is -2.15. The highest BCUT2D eigenvalue weighted by atomic mass is 15.3. The quantitative estimate of drug-likeness (QED) is 0.506. The zero-order chi connectivity index (χ0) is 8.39. The summed E-state index contributed by atoms with van der Waals surface area (Å²) < 4.78 is 0. The number of nitrogens with zero attached hydrogens (tertiary/aromatic N) is 2. The minimum absolute atomic E-state index is 0.513. The molecular weight excluding hydrogens is 152 g/mol. The Hall–Kier alpha value is -1.16. The predicted molar refractivity (Wildman–Crippen MR) is 46.4 cm³/mol. The first-order chi connectivity index (χ1) is 5.90. The molecule has 4 heteroatoms. The smallest absolute Gasteiger partial charge is 0.237 e. The second-order valence-corrected chi connectivity index (χ2v) is 3.08. The molecule has 0 bridgehead atoms. The Labute approximate surface area is 71.2 Å². The van der Waals surface area contributed by atoms with E-state index in [0.29, 0.717) is 11.9 Å². The molecule has 1 saturated carbocycles. The van der Waals surface area contributed by atoms with Gasteiger partial charge in [0.15, 0.2) is 0 Å². The van der Waals surface area contributed by atoms with E-state index < -0.39 is 0 Å². The standard InChI is InChI=1S/C8H12N4/c9-12-8-10-5-4-7(11-8)6-2-1-3-6/h4-6H,1-3,9H2,(H,10,11,12). The molecule has 0 atom stereocenters. The third-order valence-corrected chi connectivity index (χ3v) is 2.33. The van der Waals surface area contributed by atoms with Crippen LogP contribution in [-0.4, -0.2) is 9.97 Å². The van der Waals surface area contributed by atoms with Crippen LogP contribution < -0.4 is 11.3 Å². The summed E-state index contributed by atoms with van der Waals surface area (Å²) in [5, 5.41) is 0. The molecule has 0 spiro atoms. The van der Waals surface area contributed by atoms with E-state index in [1.54, 1.807) is 6.20 Å². The fourth-order valence-electron chi connectivity index (χ4n) is 1.37. The zero-order valence-electron chi connectivity index (χ0n) is 6.83. The third kappa shape index (κ3) is 1.25. The van der Waals surface area contributed by atoms with E-state index in [4.69, 9.17) is 5.84 Å². The van der Waals surface area contributed by atoms with Crippen LogP contribution in [-0.2, 0) is 0 Å². The molecule has 1 aromatic heterocycles. The van der Waals surface area contributed by atoms with Gasteiger partial charge in [-0.3, -0.25) is 5.43 Å². The molecule has 0 saturated heterocycles. The van der Waals surface area contributed by atoms with E-state index in [-0.39, 0.29) is 0 Å². The van der Waals surface area contributed by atoms with E-state index in [9.17, 15) is 0 Å². The van der Waals surface area contributed by atoms with Crippen LogP contribution in [0.25, 0.3) is 0 Å². The lowest BCUT2D eigenvalue weighted by molar-refractivity contribution is 0.411. The SMILES string of the molecule is NNc1nccc(C2CCC2)n1. The molecule has 1 aliphatic carbocycles. The normalized spacial score (nSPS) is 17.1. The van der Waals surface area contributed by atoms with Crippen LogP contribution in [0.4, 0.5) is 5.95 Å². The van der Waals surface area contributed by atoms with E-state index in [2.05, 4.69) is 15.4 Å². The van der Waals surface area contributed by atoms with Crippen molar-refractivity contribution in [3.05, 3.63) is 18.0 Å². The molecule has 3 N–H and O–H groups in total. The predicted octanol–water partition coefficient (Wildman–Crippen LogP) is 1.03. The van der Waals surface area contributed by atoms with Gasteiger partial charge in [-0.25, -0.2) is 15.8 Å². The van der Waals surface area contributed by atoms with Gasteiger partial charge in [0.25, 0.3) is 0 Å². The van der Waals surface area contributed by atoms with Gasteiger partial charge in [-0.05, 0) is 18.9 Å². The molecule has 0 aromatic carbocycles. The molecule has 1 fully saturated rings. The van der Waals surface area contributed by atoms with Crippen molar-refractivity contribution < 1.29 is 0 Å². The second-order valence-electron chi connectivity index (χ2n) is 3.08. The summed E-state index contributed by atoms with van der Waals surface area (Å²) in [6.45, 7) is 0. The zero-order valence-corrected chi connectivity index (χ0v) is 6.83. The number of anilines is 1. The van der Waals surface area contributed by atoms with Gasteiger partial charge >= 0.3 is 0 Å². The van der Waals surface area contributed by atoms with E-state index in [1.165, 1.54) is 19.3 Å². The van der Waals surface area contributed by atoms with Gasteiger partial charge < -0.3 is 0 Å². The summed E-state index contributed by atoms with van der Waals surface area (Å²) in [4.78, 5) is 8.22. The number of nitrogens with two attached hydrogens (primary N) is 1. The highest BCUT2D eigenvalue weighted by Crippen LogP contribution is 2.35. The van der Waals surface area contributed by atoms with Crippen molar-refractivity contribution in [3.63, 3.8) is 0 Å². The summed E-state index contributed by atoms with van der Waals surface area (Å²) in [5.74, 6) is 6.36. The Morgan fingerprint density at radius 3 is 2.92 bits per heavy atom. The average molecular weight is 164 g/mol. The molecule has 1 aromatic rings. The Kier molecular flexibility index (Phi) is 1.91. The largest absolute Gasteiger partial charge is 0.292 e. The second kappa shape index (κ2) is 3.06. The van der Waals surface area contributed by atoms with Crippen LogP contribution >= 0.6 is 0 Å². The first kappa shape index (κ1) is 7.49. The third-order valence-electron chi connectivity index (χ3n) is 2.33. The summed E-state index contributed by atoms with van der Waals surface area (Å²) in [5.41, 5.74) is 3.56. The first-order valence-corrected chi connectivity index (χ1v) is 4.19. The molecule has 64 valence electrons. The summed E-state index contributed by atoms with van der Waals surface area (Å²) >= 11 is 0. The number of nitrogen functional groups attached to an aromatic ring is 1. The van der Waals surface area contributed by atoms with Crippen molar-refractivity contribution in [3.8, 4) is 0 Å². The molecule has 12 heavy (non-hydrogen) atoms. The number of hydrazine groups is 1. The van der Waals surface area contributed by atoms with Crippen molar-refractivity contribution >= 4 is 5.95 Å². The average Bonchev–Trinajstić information content (AvgIpc) is 2.02. The van der Waals surface area contributed by atoms with Crippen molar-refractivity contribution in [2.75, 3.05) is 5.43 Å². The van der Waals surface area contributed by atoms with Crippen LogP contribution in [0.3, 0.4) is 0 Å². The summed E-state index contributed by atoms with van der Waals surface area (Å²) in [6.07, 6.45) is 5.57. The first-order valence-electron chi connectivity index (χ1n) is 4.19. The Morgan fingerprint density at radius 1 is 1.50 bits per heavy atom. The fraction of sp³-hybridized carbons (Fsp3) is 0.500. The number of rotatable bonds is 2. The number of nitrogens with one attached hydrogen (secondary N) is 1. The van der Waals surface area contributed by atoms with Crippen molar-refractivity contribution in [1.82, 2.24) is 9.97 Å². The topological polar surface area (TPSA) is 63.8 Å². The van der Waals surface area contributed by atoms with Gasteiger partial charge in [0.2, 0.25) is 5.95 Å². The number of hydrogen-bond donors (Lipinski definition) is 2. The van der Waals surface area contributed by atoms with Crippen molar-refractivity contribution in [1.29, 1.82) is 0 Å². The van der Waals surface area contributed by atoms with E-state index >= 15 is 0 Å². The monoisotopic (exact) mass is 164 g/mol. The van der Waals surface area contributed by atoms with Gasteiger partial charge in [0.05, 0.1) is 0 Å². The van der Waals surface area contributed by atoms with Gasteiger partial charge in [0.1, 0.15) is 0 Å². The van der Waals surface area contributed by atoms with Gasteiger partial charge in [0, 0.05) is 17.8 Å². The molecule has 0 amide bonds. The minimum atomic E-state index is 0.513. The molecule has 4 nitrogen and oxygen atoms in total. The molecule has 1 aliphatic rings. The van der Waals surface area contributed by atoms with Crippen LogP contribution in [0.15, 0.2) is 12.3 Å². The molecule has 0 aliphatic heterocycles. The molecule has 0 unspecified atom stereocenters. The summed E-state index contributed by atoms with van der Waals surface area (Å²) in [7, 11) is 0. The van der Waals surface area contributed by atoms with Crippen molar-refractivity contribution in [2.45, 2.75) is 25.2 Å². The number of aromatic nitrogens is 2. The fourth-order valence-corrected chi connectivity index (χ4v) is 1.37. The minimum Gasteiger partial charge on any atom is -0.292 e.